The number of aromatic nitrogens is 2. The number of hydrogen-bond acceptors (Lipinski definition) is 8. The fourth-order valence-corrected chi connectivity index (χ4v) is 3.50. The first-order chi connectivity index (χ1) is 14.4. The fraction of sp³-hybridized carbons (Fsp3) is 0.684. The van der Waals surface area contributed by atoms with Crippen molar-refractivity contribution >= 4 is 17.7 Å². The van der Waals surface area contributed by atoms with Gasteiger partial charge in [-0.05, 0) is 12.0 Å². The molecule has 0 saturated carbocycles. The smallest absolute Gasteiger partial charge is 0.351 e. The zero-order valence-corrected chi connectivity index (χ0v) is 17.3. The van der Waals surface area contributed by atoms with Crippen molar-refractivity contribution in [3.05, 3.63) is 22.7 Å². The van der Waals surface area contributed by atoms with Crippen LogP contribution < -0.4 is 22.1 Å². The average Bonchev–Trinajstić information content (AvgIpc) is 3.41. The Morgan fingerprint density at radius 3 is 2.97 bits per heavy atom. The number of nitrogens with two attached hydrogens (primary N) is 2. The number of esters is 1. The maximum Gasteiger partial charge on any atom is 0.351 e. The van der Waals surface area contributed by atoms with Gasteiger partial charge in [0.2, 0.25) is 0 Å². The van der Waals surface area contributed by atoms with Crippen molar-refractivity contribution in [2.45, 2.75) is 57.7 Å². The molecule has 1 aromatic rings. The molecule has 30 heavy (non-hydrogen) atoms. The Bertz CT molecular complexity index is 809. The fourth-order valence-electron chi connectivity index (χ4n) is 3.50. The Morgan fingerprint density at radius 2 is 2.30 bits per heavy atom. The van der Waals surface area contributed by atoms with Gasteiger partial charge in [0.1, 0.15) is 18.5 Å². The predicted molar refractivity (Wildman–Crippen MR) is 105 cm³/mol. The van der Waals surface area contributed by atoms with Crippen LogP contribution in [-0.4, -0.2) is 59.6 Å². The molecular weight excluding hydrogens is 394 g/mol. The molecule has 0 bridgehead atoms. The molecule has 0 aliphatic carbocycles. The molecule has 2 aliphatic heterocycles. The molecule has 5 N–H and O–H groups in total. The summed E-state index contributed by atoms with van der Waals surface area (Å²) >= 11 is 0. The highest BCUT2D eigenvalue weighted by Crippen LogP contribution is 2.20. The number of anilines is 1. The Labute approximate surface area is 174 Å². The van der Waals surface area contributed by atoms with Gasteiger partial charge in [-0.15, -0.1) is 0 Å². The first-order valence-corrected chi connectivity index (χ1v) is 10.3. The van der Waals surface area contributed by atoms with E-state index in [1.807, 2.05) is 19.2 Å². The van der Waals surface area contributed by atoms with Crippen molar-refractivity contribution in [2.75, 3.05) is 25.5 Å². The van der Waals surface area contributed by atoms with Gasteiger partial charge in [0.15, 0.2) is 18.6 Å². The number of ether oxygens (including phenoxy) is 3. The third-order valence-corrected chi connectivity index (χ3v) is 5.53. The Balaban J connectivity index is 1.53. The van der Waals surface area contributed by atoms with E-state index in [-0.39, 0.29) is 36.9 Å². The van der Waals surface area contributed by atoms with Crippen LogP contribution in [0.3, 0.4) is 0 Å². The minimum atomic E-state index is -0.820. The van der Waals surface area contributed by atoms with E-state index in [1.54, 1.807) is 0 Å². The molecular formula is C19H30N5O6+. The number of carbonyl (C=O) groups is 2. The molecule has 2 fully saturated rings. The molecule has 5 unspecified atom stereocenters. The molecule has 0 radical (unpaired) electrons. The van der Waals surface area contributed by atoms with E-state index in [0.29, 0.717) is 6.42 Å². The van der Waals surface area contributed by atoms with Crippen molar-refractivity contribution in [1.29, 1.82) is 0 Å². The Kier molecular flexibility index (Phi) is 7.40. The average molecular weight is 424 g/mol. The lowest BCUT2D eigenvalue weighted by molar-refractivity contribution is -0.657. The lowest BCUT2D eigenvalue weighted by Gasteiger charge is -2.24. The summed E-state index contributed by atoms with van der Waals surface area (Å²) in [6.45, 7) is 4.72. The van der Waals surface area contributed by atoms with Crippen LogP contribution in [0, 0.1) is 5.92 Å². The summed E-state index contributed by atoms with van der Waals surface area (Å²) in [4.78, 5) is 40.7. The second-order valence-electron chi connectivity index (χ2n) is 7.67. The highest BCUT2D eigenvalue weighted by Gasteiger charge is 2.35. The topological polar surface area (TPSA) is 151 Å². The van der Waals surface area contributed by atoms with Crippen LogP contribution in [0.15, 0.2) is 17.1 Å². The van der Waals surface area contributed by atoms with Crippen molar-refractivity contribution in [2.24, 2.45) is 5.92 Å². The van der Waals surface area contributed by atoms with Crippen molar-refractivity contribution < 1.29 is 29.1 Å². The van der Waals surface area contributed by atoms with Gasteiger partial charge in [-0.25, -0.2) is 9.59 Å². The van der Waals surface area contributed by atoms with Crippen LogP contribution in [0.25, 0.3) is 0 Å². The SMILES string of the molecule is CCC(C)C(NC(=O)C1CCC[NH2+]1)C(=O)OCC1OCC(n2ccc(N)nc2=O)O1. The molecule has 3 rings (SSSR count). The van der Waals surface area contributed by atoms with E-state index in [9.17, 15) is 14.4 Å². The van der Waals surface area contributed by atoms with Gasteiger partial charge in [-0.1, -0.05) is 20.3 Å². The third kappa shape index (κ3) is 5.35. The van der Waals surface area contributed by atoms with Crippen LogP contribution in [0.5, 0.6) is 0 Å². The molecule has 11 nitrogen and oxygen atoms in total. The van der Waals surface area contributed by atoms with Gasteiger partial charge < -0.3 is 30.6 Å². The van der Waals surface area contributed by atoms with Gasteiger partial charge in [0.25, 0.3) is 5.91 Å². The second kappa shape index (κ2) is 10.0. The zero-order valence-electron chi connectivity index (χ0n) is 17.3. The number of nitrogens with zero attached hydrogens (tertiary/aromatic N) is 2. The van der Waals surface area contributed by atoms with Crippen molar-refractivity contribution in [3.63, 3.8) is 0 Å². The number of amides is 1. The number of rotatable bonds is 8. The van der Waals surface area contributed by atoms with Crippen molar-refractivity contribution in [3.8, 4) is 0 Å². The van der Waals surface area contributed by atoms with Gasteiger partial charge in [-0.2, -0.15) is 4.98 Å². The van der Waals surface area contributed by atoms with Gasteiger partial charge >= 0.3 is 11.7 Å². The van der Waals surface area contributed by atoms with Crippen molar-refractivity contribution in [1.82, 2.24) is 14.9 Å². The summed E-state index contributed by atoms with van der Waals surface area (Å²) in [5.41, 5.74) is 4.94. The number of nitrogens with one attached hydrogen (secondary N) is 1. The quantitative estimate of drug-likeness (QED) is 0.426. The molecule has 5 atom stereocenters. The largest absolute Gasteiger partial charge is 0.459 e. The Hall–Kier alpha value is -2.50. The van der Waals surface area contributed by atoms with Crippen LogP contribution in [0.1, 0.15) is 39.3 Å². The monoisotopic (exact) mass is 424 g/mol. The molecule has 1 aromatic heterocycles. The van der Waals surface area contributed by atoms with Crippen LogP contribution in [0.4, 0.5) is 5.82 Å². The molecule has 0 aromatic carbocycles. The minimum Gasteiger partial charge on any atom is -0.459 e. The summed E-state index contributed by atoms with van der Waals surface area (Å²) < 4.78 is 17.7. The van der Waals surface area contributed by atoms with Gasteiger partial charge in [0.05, 0.1) is 13.2 Å². The molecule has 2 saturated heterocycles. The number of hydrogen-bond donors (Lipinski definition) is 3. The first-order valence-electron chi connectivity index (χ1n) is 10.3. The molecule has 11 heteroatoms. The molecule has 2 aliphatic rings. The lowest BCUT2D eigenvalue weighted by atomic mass is 9.98. The highest BCUT2D eigenvalue weighted by molar-refractivity contribution is 5.87. The standard InChI is InChI=1S/C19H29N5O6/c1-3-11(2)16(23-17(25)12-5-4-7-21-12)18(26)29-10-15-28-9-14(30-15)24-8-6-13(20)22-19(24)27/h6,8,11-12,14-16,21H,3-5,7,9-10H2,1-2H3,(H,23,25)(H2,20,22,27)/p+1. The summed E-state index contributed by atoms with van der Waals surface area (Å²) in [5.74, 6) is -0.634. The summed E-state index contributed by atoms with van der Waals surface area (Å²) in [5, 5.41) is 4.83. The van der Waals surface area contributed by atoms with E-state index in [2.05, 4.69) is 10.3 Å². The first kappa shape index (κ1) is 22.2. The maximum atomic E-state index is 12.7. The van der Waals surface area contributed by atoms with E-state index in [4.69, 9.17) is 19.9 Å². The van der Waals surface area contributed by atoms with Gasteiger partial charge in [-0.3, -0.25) is 9.36 Å². The van der Waals surface area contributed by atoms with Crippen LogP contribution >= 0.6 is 0 Å². The molecule has 1 amide bonds. The van der Waals surface area contributed by atoms with E-state index in [0.717, 1.165) is 19.4 Å². The Morgan fingerprint density at radius 1 is 1.50 bits per heavy atom. The molecule has 166 valence electrons. The van der Waals surface area contributed by atoms with E-state index in [1.165, 1.54) is 16.8 Å². The number of nitrogen functional groups attached to an aromatic ring is 1. The normalized spacial score (nSPS) is 25.6. The minimum absolute atomic E-state index is 0.0829. The predicted octanol–water partition coefficient (Wildman–Crippen LogP) is -1.50. The summed E-state index contributed by atoms with van der Waals surface area (Å²) in [7, 11) is 0. The summed E-state index contributed by atoms with van der Waals surface area (Å²) in [6.07, 6.45) is 2.47. The highest BCUT2D eigenvalue weighted by atomic mass is 16.7. The maximum absolute atomic E-state index is 12.7. The molecule has 0 spiro atoms. The number of quaternary nitrogens is 1. The number of carbonyl (C=O) groups excluding carboxylic acids is 2. The van der Waals surface area contributed by atoms with Gasteiger partial charge in [0, 0.05) is 19.0 Å². The van der Waals surface area contributed by atoms with E-state index < -0.39 is 30.2 Å². The molecule has 3 heterocycles. The summed E-state index contributed by atoms with van der Waals surface area (Å²) in [6, 6.07) is 0.593. The van der Waals surface area contributed by atoms with Crippen LogP contribution in [0.2, 0.25) is 0 Å². The zero-order chi connectivity index (χ0) is 21.7. The lowest BCUT2D eigenvalue weighted by Crippen LogP contribution is -2.89. The van der Waals surface area contributed by atoms with E-state index >= 15 is 0 Å². The van der Waals surface area contributed by atoms with Crippen LogP contribution in [-0.2, 0) is 23.8 Å². The second-order valence-corrected chi connectivity index (χ2v) is 7.67. The third-order valence-electron chi connectivity index (χ3n) is 5.53.